The minimum absolute atomic E-state index is 0.0289. The lowest BCUT2D eigenvalue weighted by atomic mass is 10.00. The Hall–Kier alpha value is -1.69. The molecular formula is C20H30N2O3S. The van der Waals surface area contributed by atoms with E-state index in [0.717, 1.165) is 11.3 Å². The van der Waals surface area contributed by atoms with Crippen LogP contribution in [0.5, 0.6) is 5.75 Å². The molecule has 0 aliphatic carbocycles. The van der Waals surface area contributed by atoms with Gasteiger partial charge in [0.05, 0.1) is 12.9 Å². The van der Waals surface area contributed by atoms with Gasteiger partial charge in [-0.25, -0.2) is 0 Å². The second-order valence-electron chi connectivity index (χ2n) is 7.52. The van der Waals surface area contributed by atoms with E-state index in [4.69, 9.17) is 4.74 Å². The summed E-state index contributed by atoms with van der Waals surface area (Å²) in [5.74, 6) is 1.85. The molecule has 1 aromatic carbocycles. The van der Waals surface area contributed by atoms with Crippen molar-refractivity contribution in [3.63, 3.8) is 0 Å². The molecule has 1 heterocycles. The highest BCUT2D eigenvalue weighted by molar-refractivity contribution is 8.00. The van der Waals surface area contributed by atoms with Crippen LogP contribution in [0.25, 0.3) is 0 Å². The maximum atomic E-state index is 12.9. The molecule has 0 aromatic heterocycles. The van der Waals surface area contributed by atoms with Gasteiger partial charge in [0.15, 0.2) is 0 Å². The first-order chi connectivity index (χ1) is 12.3. The number of ether oxygens (including phenoxy) is 1. The fraction of sp³-hybridized carbons (Fsp3) is 0.600. The molecule has 1 aliphatic heterocycles. The van der Waals surface area contributed by atoms with Gasteiger partial charge in [0.2, 0.25) is 11.8 Å². The van der Waals surface area contributed by atoms with Gasteiger partial charge >= 0.3 is 0 Å². The normalized spacial score (nSPS) is 18.5. The molecule has 1 aromatic rings. The van der Waals surface area contributed by atoms with Gasteiger partial charge in [0, 0.05) is 6.54 Å². The quantitative estimate of drug-likeness (QED) is 0.753. The number of carbonyl (C=O) groups is 2. The van der Waals surface area contributed by atoms with E-state index in [1.54, 1.807) is 23.8 Å². The number of methoxy groups -OCH3 is 1. The molecule has 0 radical (unpaired) electrons. The Morgan fingerprint density at radius 1 is 1.23 bits per heavy atom. The lowest BCUT2D eigenvalue weighted by Crippen LogP contribution is -2.49. The number of nitrogens with zero attached hydrogens (tertiary/aromatic N) is 1. The van der Waals surface area contributed by atoms with Crippen molar-refractivity contribution in [2.75, 3.05) is 19.4 Å². The number of amides is 2. The van der Waals surface area contributed by atoms with Gasteiger partial charge in [-0.2, -0.15) is 0 Å². The van der Waals surface area contributed by atoms with Gasteiger partial charge in [0.25, 0.3) is 0 Å². The monoisotopic (exact) mass is 378 g/mol. The highest BCUT2D eigenvalue weighted by Crippen LogP contribution is 2.41. The molecule has 1 aliphatic rings. The number of benzene rings is 1. The molecule has 2 rings (SSSR count). The van der Waals surface area contributed by atoms with Crippen LogP contribution in [-0.2, 0) is 9.59 Å². The van der Waals surface area contributed by atoms with Crippen molar-refractivity contribution >= 4 is 23.6 Å². The Morgan fingerprint density at radius 2 is 1.88 bits per heavy atom. The predicted molar refractivity (Wildman–Crippen MR) is 106 cm³/mol. The molecule has 6 heteroatoms. The van der Waals surface area contributed by atoms with Crippen LogP contribution < -0.4 is 10.1 Å². The first-order valence-corrected chi connectivity index (χ1v) is 10.2. The van der Waals surface area contributed by atoms with E-state index in [2.05, 4.69) is 33.0 Å². The fourth-order valence-electron chi connectivity index (χ4n) is 3.01. The largest absolute Gasteiger partial charge is 0.497 e. The van der Waals surface area contributed by atoms with Crippen molar-refractivity contribution in [3.05, 3.63) is 29.8 Å². The van der Waals surface area contributed by atoms with Crippen molar-refractivity contribution in [1.29, 1.82) is 0 Å². The number of rotatable bonds is 8. The van der Waals surface area contributed by atoms with Gasteiger partial charge in [-0.05, 0) is 36.0 Å². The lowest BCUT2D eigenvalue weighted by Gasteiger charge is -2.33. The number of hydrogen-bond acceptors (Lipinski definition) is 4. The first kappa shape index (κ1) is 20.6. The summed E-state index contributed by atoms with van der Waals surface area (Å²) in [5.41, 5.74) is 1.02. The van der Waals surface area contributed by atoms with Gasteiger partial charge in [0.1, 0.15) is 17.2 Å². The minimum atomic E-state index is -0.441. The summed E-state index contributed by atoms with van der Waals surface area (Å²) < 4.78 is 5.22. The Kier molecular flexibility index (Phi) is 7.38. The zero-order valence-corrected chi connectivity index (χ0v) is 17.1. The van der Waals surface area contributed by atoms with Crippen LogP contribution in [0.3, 0.4) is 0 Å². The van der Waals surface area contributed by atoms with Crippen molar-refractivity contribution in [1.82, 2.24) is 10.2 Å². The molecule has 2 amide bonds. The summed E-state index contributed by atoms with van der Waals surface area (Å²) in [7, 11) is 1.63. The second-order valence-corrected chi connectivity index (χ2v) is 8.59. The number of carbonyl (C=O) groups excluding carboxylic acids is 2. The van der Waals surface area contributed by atoms with Crippen LogP contribution in [0.15, 0.2) is 24.3 Å². The van der Waals surface area contributed by atoms with Crippen molar-refractivity contribution < 1.29 is 14.3 Å². The molecular weight excluding hydrogens is 348 g/mol. The first-order valence-electron chi connectivity index (χ1n) is 9.17. The number of nitrogens with one attached hydrogen (secondary N) is 1. The molecule has 2 atom stereocenters. The molecule has 0 saturated carbocycles. The van der Waals surface area contributed by atoms with E-state index in [-0.39, 0.29) is 17.2 Å². The average Bonchev–Trinajstić information content (AvgIpc) is 2.98. The van der Waals surface area contributed by atoms with Gasteiger partial charge in [-0.1, -0.05) is 39.8 Å². The molecule has 26 heavy (non-hydrogen) atoms. The Labute approximate surface area is 160 Å². The molecule has 1 saturated heterocycles. The van der Waals surface area contributed by atoms with E-state index in [9.17, 15) is 9.59 Å². The topological polar surface area (TPSA) is 58.6 Å². The Morgan fingerprint density at radius 3 is 2.42 bits per heavy atom. The van der Waals surface area contributed by atoms with Crippen LogP contribution in [0.1, 0.15) is 45.1 Å². The van der Waals surface area contributed by atoms with E-state index < -0.39 is 6.04 Å². The summed E-state index contributed by atoms with van der Waals surface area (Å²) >= 11 is 1.58. The van der Waals surface area contributed by atoms with E-state index >= 15 is 0 Å². The van der Waals surface area contributed by atoms with Crippen molar-refractivity contribution in [2.45, 2.75) is 45.5 Å². The molecule has 0 spiro atoms. The third kappa shape index (κ3) is 5.16. The average molecular weight is 379 g/mol. The molecule has 1 N–H and O–H groups in total. The summed E-state index contributed by atoms with van der Waals surface area (Å²) in [5, 5.41) is 2.88. The van der Waals surface area contributed by atoms with E-state index in [1.165, 1.54) is 0 Å². The molecule has 0 unspecified atom stereocenters. The Balaban J connectivity index is 2.26. The van der Waals surface area contributed by atoms with E-state index in [1.807, 2.05) is 24.3 Å². The van der Waals surface area contributed by atoms with E-state index in [0.29, 0.717) is 30.6 Å². The number of thioether (sulfide) groups is 1. The zero-order valence-electron chi connectivity index (χ0n) is 16.3. The summed E-state index contributed by atoms with van der Waals surface area (Å²) in [6, 6.07) is 7.30. The van der Waals surface area contributed by atoms with Crippen LogP contribution >= 0.6 is 11.8 Å². The van der Waals surface area contributed by atoms with Crippen LogP contribution in [0.2, 0.25) is 0 Å². The number of hydrogen-bond donors (Lipinski definition) is 1. The summed E-state index contributed by atoms with van der Waals surface area (Å²) in [6.45, 7) is 8.91. The van der Waals surface area contributed by atoms with Crippen LogP contribution in [0, 0.1) is 11.8 Å². The molecule has 1 fully saturated rings. The standard InChI is InChI=1S/C20H30N2O3S/c1-13(2)10-17(19(24)21-11-14(3)4)22-18(23)12-26-20(22)15-6-8-16(25-5)9-7-15/h6-9,13-14,17,20H,10-12H2,1-5H3,(H,21,24)/t17-,20+/m0/s1. The maximum absolute atomic E-state index is 12.9. The smallest absolute Gasteiger partial charge is 0.242 e. The van der Waals surface area contributed by atoms with Crippen molar-refractivity contribution in [3.8, 4) is 5.75 Å². The van der Waals surface area contributed by atoms with Gasteiger partial charge < -0.3 is 15.0 Å². The third-order valence-electron chi connectivity index (χ3n) is 4.32. The maximum Gasteiger partial charge on any atom is 0.242 e. The summed E-state index contributed by atoms with van der Waals surface area (Å²) in [4.78, 5) is 27.3. The Bertz CT molecular complexity index is 616. The van der Waals surface area contributed by atoms with Gasteiger partial charge in [-0.15, -0.1) is 11.8 Å². The highest BCUT2D eigenvalue weighted by Gasteiger charge is 2.41. The molecule has 5 nitrogen and oxygen atoms in total. The highest BCUT2D eigenvalue weighted by atomic mass is 32.2. The second kappa shape index (κ2) is 9.31. The molecule has 0 bridgehead atoms. The predicted octanol–water partition coefficient (Wildman–Crippen LogP) is 3.46. The summed E-state index contributed by atoms with van der Waals surface area (Å²) in [6.07, 6.45) is 0.656. The van der Waals surface area contributed by atoms with Crippen LogP contribution in [-0.4, -0.2) is 42.2 Å². The minimum Gasteiger partial charge on any atom is -0.497 e. The fourth-order valence-corrected chi connectivity index (χ4v) is 4.24. The molecule has 144 valence electrons. The van der Waals surface area contributed by atoms with Gasteiger partial charge in [-0.3, -0.25) is 9.59 Å². The van der Waals surface area contributed by atoms with Crippen LogP contribution in [0.4, 0.5) is 0 Å². The SMILES string of the molecule is COc1ccc([C@H]2SCC(=O)N2[C@@H](CC(C)C)C(=O)NCC(C)C)cc1. The van der Waals surface area contributed by atoms with Crippen molar-refractivity contribution in [2.24, 2.45) is 11.8 Å². The third-order valence-corrected chi connectivity index (χ3v) is 5.55. The zero-order chi connectivity index (χ0) is 19.3. The lowest BCUT2D eigenvalue weighted by molar-refractivity contribution is -0.139.